The molecule has 0 aromatic carbocycles. The molecule has 3 unspecified atom stereocenters. The number of esters is 1. The van der Waals surface area contributed by atoms with Crippen LogP contribution in [0.4, 0.5) is 0 Å². The Balaban J connectivity index is 2.07. The number of nitrogens with one attached hydrogen (secondary N) is 1. The van der Waals surface area contributed by atoms with E-state index >= 15 is 0 Å². The number of hydrogen-bond acceptors (Lipinski definition) is 5. The van der Waals surface area contributed by atoms with Gasteiger partial charge in [-0.2, -0.15) is 0 Å². The van der Waals surface area contributed by atoms with E-state index in [2.05, 4.69) is 5.32 Å². The van der Waals surface area contributed by atoms with Crippen molar-refractivity contribution >= 4 is 5.97 Å². The minimum Gasteiger partial charge on any atom is -0.466 e. The Morgan fingerprint density at radius 2 is 2.28 bits per heavy atom. The summed E-state index contributed by atoms with van der Waals surface area (Å²) in [7, 11) is 0. The maximum Gasteiger partial charge on any atom is 0.308 e. The van der Waals surface area contributed by atoms with E-state index in [0.29, 0.717) is 19.1 Å². The molecule has 1 rings (SSSR count). The molecule has 106 valence electrons. The second kappa shape index (κ2) is 8.45. The van der Waals surface area contributed by atoms with Gasteiger partial charge in [-0.15, -0.1) is 0 Å². The highest BCUT2D eigenvalue weighted by Crippen LogP contribution is 2.23. The fraction of sp³-hybridized carbons (Fsp3) is 0.923. The first kappa shape index (κ1) is 15.4. The zero-order chi connectivity index (χ0) is 13.4. The van der Waals surface area contributed by atoms with Crippen molar-refractivity contribution in [3.05, 3.63) is 0 Å². The number of aliphatic hydroxyl groups is 2. The number of carbonyl (C=O) groups is 1. The molecule has 0 aliphatic heterocycles. The lowest BCUT2D eigenvalue weighted by atomic mass is 9.87. The van der Waals surface area contributed by atoms with Crippen LogP contribution in [0.1, 0.15) is 39.0 Å². The molecule has 5 nitrogen and oxygen atoms in total. The summed E-state index contributed by atoms with van der Waals surface area (Å²) in [5.41, 5.74) is 0. The molecule has 3 atom stereocenters. The molecular weight excluding hydrogens is 234 g/mol. The van der Waals surface area contributed by atoms with Crippen LogP contribution in [0.5, 0.6) is 0 Å². The molecule has 1 aliphatic rings. The van der Waals surface area contributed by atoms with E-state index in [1.807, 2.05) is 0 Å². The lowest BCUT2D eigenvalue weighted by Gasteiger charge is -2.26. The highest BCUT2D eigenvalue weighted by molar-refractivity contribution is 5.69. The van der Waals surface area contributed by atoms with Crippen molar-refractivity contribution in [2.75, 3.05) is 19.7 Å². The molecule has 0 aromatic rings. The molecule has 0 radical (unpaired) electrons. The normalized spacial score (nSPS) is 25.7. The third-order valence-electron chi connectivity index (χ3n) is 3.28. The maximum atomic E-state index is 11.1. The van der Waals surface area contributed by atoms with Gasteiger partial charge < -0.3 is 20.3 Å². The van der Waals surface area contributed by atoms with Crippen LogP contribution in [0.2, 0.25) is 0 Å². The van der Waals surface area contributed by atoms with E-state index in [0.717, 1.165) is 32.2 Å². The molecule has 18 heavy (non-hydrogen) atoms. The summed E-state index contributed by atoms with van der Waals surface area (Å²) in [5.74, 6) is 0.114. The van der Waals surface area contributed by atoms with Gasteiger partial charge in [-0.25, -0.2) is 0 Å². The van der Waals surface area contributed by atoms with Gasteiger partial charge in [-0.3, -0.25) is 4.79 Å². The molecule has 3 N–H and O–H groups in total. The van der Waals surface area contributed by atoms with Crippen molar-refractivity contribution in [3.63, 3.8) is 0 Å². The van der Waals surface area contributed by atoms with Gasteiger partial charge in [-0.1, -0.05) is 6.42 Å². The van der Waals surface area contributed by atoms with Crippen LogP contribution in [0.15, 0.2) is 0 Å². The maximum absolute atomic E-state index is 11.1. The largest absolute Gasteiger partial charge is 0.466 e. The molecule has 0 saturated heterocycles. The average Bonchev–Trinajstić information content (AvgIpc) is 2.29. The molecule has 1 saturated carbocycles. The molecule has 0 aromatic heterocycles. The predicted molar refractivity (Wildman–Crippen MR) is 68.1 cm³/mol. The number of hydrogen-bond donors (Lipinski definition) is 3. The first-order valence-corrected chi connectivity index (χ1v) is 6.84. The van der Waals surface area contributed by atoms with Gasteiger partial charge in [0, 0.05) is 6.54 Å². The van der Waals surface area contributed by atoms with Crippen molar-refractivity contribution in [2.45, 2.75) is 51.2 Å². The molecular formula is C13H25NO4. The Kier molecular flexibility index (Phi) is 7.23. The van der Waals surface area contributed by atoms with Crippen molar-refractivity contribution in [1.82, 2.24) is 5.32 Å². The first-order chi connectivity index (χ1) is 8.61. The lowest BCUT2D eigenvalue weighted by molar-refractivity contribution is -0.145. The van der Waals surface area contributed by atoms with Crippen molar-refractivity contribution in [2.24, 2.45) is 5.92 Å². The van der Waals surface area contributed by atoms with Gasteiger partial charge in [-0.05, 0) is 38.6 Å². The molecule has 0 spiro atoms. The standard InChI is InChI=1S/C13H25NO4/c1-2-18-13(17)7-12(16)9-14-8-10-4-3-5-11(15)6-10/h10-12,14-16H,2-9H2,1H3. The van der Waals surface area contributed by atoms with Gasteiger partial charge in [0.25, 0.3) is 0 Å². The minimum atomic E-state index is -0.697. The summed E-state index contributed by atoms with van der Waals surface area (Å²) in [6, 6.07) is 0. The van der Waals surface area contributed by atoms with Gasteiger partial charge in [0.1, 0.15) is 0 Å². The zero-order valence-electron chi connectivity index (χ0n) is 11.1. The Morgan fingerprint density at radius 1 is 1.50 bits per heavy atom. The topological polar surface area (TPSA) is 78.8 Å². The van der Waals surface area contributed by atoms with Crippen molar-refractivity contribution in [1.29, 1.82) is 0 Å². The van der Waals surface area contributed by atoms with Gasteiger partial charge >= 0.3 is 5.97 Å². The summed E-state index contributed by atoms with van der Waals surface area (Å²) < 4.78 is 4.76. The van der Waals surface area contributed by atoms with Gasteiger partial charge in [0.15, 0.2) is 0 Å². The molecule has 0 bridgehead atoms. The summed E-state index contributed by atoms with van der Waals surface area (Å²) >= 11 is 0. The van der Waals surface area contributed by atoms with Crippen LogP contribution in [-0.2, 0) is 9.53 Å². The van der Waals surface area contributed by atoms with Crippen LogP contribution in [-0.4, -0.2) is 48.1 Å². The van der Waals surface area contributed by atoms with Crippen LogP contribution < -0.4 is 5.32 Å². The van der Waals surface area contributed by atoms with Gasteiger partial charge in [0.05, 0.1) is 25.2 Å². The van der Waals surface area contributed by atoms with E-state index < -0.39 is 6.10 Å². The lowest BCUT2D eigenvalue weighted by Crippen LogP contribution is -2.34. The van der Waals surface area contributed by atoms with Crippen LogP contribution in [0, 0.1) is 5.92 Å². The monoisotopic (exact) mass is 259 g/mol. The van der Waals surface area contributed by atoms with Crippen LogP contribution in [0.25, 0.3) is 0 Å². The second-order valence-electron chi connectivity index (χ2n) is 5.01. The summed E-state index contributed by atoms with van der Waals surface area (Å²) in [6.45, 7) is 3.28. The molecule has 5 heteroatoms. The van der Waals surface area contributed by atoms with Crippen molar-refractivity contribution in [3.8, 4) is 0 Å². The van der Waals surface area contributed by atoms with Crippen LogP contribution >= 0.6 is 0 Å². The molecule has 1 fully saturated rings. The Labute approximate surface area is 109 Å². The molecule has 0 amide bonds. The van der Waals surface area contributed by atoms with E-state index in [4.69, 9.17) is 4.74 Å². The van der Waals surface area contributed by atoms with E-state index in [1.165, 1.54) is 0 Å². The number of rotatable bonds is 7. The minimum absolute atomic E-state index is 0.0358. The second-order valence-corrected chi connectivity index (χ2v) is 5.01. The van der Waals surface area contributed by atoms with Gasteiger partial charge in [0.2, 0.25) is 0 Å². The summed E-state index contributed by atoms with van der Waals surface area (Å²) in [5, 5.41) is 22.3. The average molecular weight is 259 g/mol. The molecule has 1 aliphatic carbocycles. The van der Waals surface area contributed by atoms with E-state index in [1.54, 1.807) is 6.92 Å². The number of carbonyl (C=O) groups excluding carboxylic acids is 1. The Morgan fingerprint density at radius 3 is 2.94 bits per heavy atom. The highest BCUT2D eigenvalue weighted by Gasteiger charge is 2.20. The SMILES string of the molecule is CCOC(=O)CC(O)CNCC1CCCC(O)C1. The fourth-order valence-electron chi connectivity index (χ4n) is 2.39. The summed E-state index contributed by atoms with van der Waals surface area (Å²) in [4.78, 5) is 11.1. The van der Waals surface area contributed by atoms with Crippen LogP contribution in [0.3, 0.4) is 0 Å². The third kappa shape index (κ3) is 6.33. The predicted octanol–water partition coefficient (Wildman–Crippen LogP) is 0.441. The fourth-order valence-corrected chi connectivity index (χ4v) is 2.39. The van der Waals surface area contributed by atoms with E-state index in [-0.39, 0.29) is 18.5 Å². The molecule has 0 heterocycles. The van der Waals surface area contributed by atoms with Crippen molar-refractivity contribution < 1.29 is 19.7 Å². The number of aliphatic hydroxyl groups excluding tert-OH is 2. The smallest absolute Gasteiger partial charge is 0.308 e. The first-order valence-electron chi connectivity index (χ1n) is 6.84. The zero-order valence-corrected chi connectivity index (χ0v) is 11.1. The number of ether oxygens (including phenoxy) is 1. The quantitative estimate of drug-likeness (QED) is 0.578. The summed E-state index contributed by atoms with van der Waals surface area (Å²) in [6.07, 6.45) is 3.10. The third-order valence-corrected chi connectivity index (χ3v) is 3.28. The van der Waals surface area contributed by atoms with E-state index in [9.17, 15) is 15.0 Å². The Hall–Kier alpha value is -0.650. The Bertz CT molecular complexity index is 247. The highest BCUT2D eigenvalue weighted by atomic mass is 16.5.